The number of allylic oxidation sites excluding steroid dienone is 3. The van der Waals surface area contributed by atoms with E-state index in [2.05, 4.69) is 11.9 Å². The Morgan fingerprint density at radius 2 is 2.09 bits per heavy atom. The zero-order chi connectivity index (χ0) is 16.2. The number of benzene rings is 1. The molecule has 1 aromatic carbocycles. The minimum Gasteiger partial charge on any atom is -0.491 e. The van der Waals surface area contributed by atoms with Crippen molar-refractivity contribution in [2.75, 3.05) is 0 Å². The largest absolute Gasteiger partial charge is 0.491 e. The van der Waals surface area contributed by atoms with Gasteiger partial charge in [-0.1, -0.05) is 42.8 Å². The molecule has 4 heteroatoms. The Morgan fingerprint density at radius 1 is 1.26 bits per heavy atom. The van der Waals surface area contributed by atoms with Gasteiger partial charge in [0.2, 0.25) is 0 Å². The van der Waals surface area contributed by atoms with Gasteiger partial charge in [0.05, 0.1) is 23.4 Å². The van der Waals surface area contributed by atoms with Gasteiger partial charge >= 0.3 is 5.97 Å². The normalized spacial score (nSPS) is 17.5. The van der Waals surface area contributed by atoms with Crippen LogP contribution in [-0.4, -0.2) is 16.1 Å². The first kappa shape index (κ1) is 15.3. The summed E-state index contributed by atoms with van der Waals surface area (Å²) in [5.74, 6) is 0.283. The van der Waals surface area contributed by atoms with Gasteiger partial charge in [-0.05, 0) is 24.6 Å². The van der Waals surface area contributed by atoms with Crippen molar-refractivity contribution >= 4 is 16.9 Å². The summed E-state index contributed by atoms with van der Waals surface area (Å²) in [5, 5.41) is 9.97. The quantitative estimate of drug-likeness (QED) is 0.904. The molecule has 4 nitrogen and oxygen atoms in total. The third-order valence-corrected chi connectivity index (χ3v) is 3.96. The van der Waals surface area contributed by atoms with Gasteiger partial charge in [-0.15, -0.1) is 0 Å². The van der Waals surface area contributed by atoms with Gasteiger partial charge < -0.3 is 9.84 Å². The van der Waals surface area contributed by atoms with E-state index in [1.54, 1.807) is 0 Å². The third kappa shape index (κ3) is 3.77. The van der Waals surface area contributed by atoms with E-state index in [-0.39, 0.29) is 12.3 Å². The average molecular weight is 309 g/mol. The minimum absolute atomic E-state index is 0.0976. The fourth-order valence-electron chi connectivity index (χ4n) is 2.79. The van der Waals surface area contributed by atoms with Crippen molar-refractivity contribution < 1.29 is 14.6 Å². The van der Waals surface area contributed by atoms with Gasteiger partial charge in [-0.3, -0.25) is 4.79 Å². The lowest BCUT2D eigenvalue weighted by molar-refractivity contribution is -0.136. The van der Waals surface area contributed by atoms with E-state index in [4.69, 9.17) is 9.84 Å². The van der Waals surface area contributed by atoms with Crippen LogP contribution in [0.2, 0.25) is 0 Å². The molecule has 1 aliphatic carbocycles. The number of ether oxygens (including phenoxy) is 1. The van der Waals surface area contributed by atoms with Crippen molar-refractivity contribution in [2.45, 2.75) is 26.4 Å². The van der Waals surface area contributed by atoms with Gasteiger partial charge in [-0.2, -0.15) is 0 Å². The predicted molar refractivity (Wildman–Crippen MR) is 88.7 cm³/mol. The standard InChI is InChI=1S/C19H19NO3/c1-13-10-14(11-19(21)22)6-9-18(13)23-12-16-8-7-15-4-2-3-5-17(15)20-16/h2-9,13H,10-12H2,1H3,(H,21,22). The van der Waals surface area contributed by atoms with E-state index < -0.39 is 5.97 Å². The number of aliphatic carboxylic acids is 1. The van der Waals surface area contributed by atoms with Crippen LogP contribution in [0, 0.1) is 5.92 Å². The molecule has 118 valence electrons. The summed E-state index contributed by atoms with van der Waals surface area (Å²) in [6, 6.07) is 12.0. The molecule has 0 radical (unpaired) electrons. The maximum atomic E-state index is 10.8. The molecule has 0 saturated carbocycles. The van der Waals surface area contributed by atoms with Crippen LogP contribution in [0.4, 0.5) is 0 Å². The second-order valence-electron chi connectivity index (χ2n) is 5.85. The van der Waals surface area contributed by atoms with E-state index >= 15 is 0 Å². The number of fused-ring (bicyclic) bond motifs is 1. The number of nitrogens with zero attached hydrogens (tertiary/aromatic N) is 1. The van der Waals surface area contributed by atoms with Crippen LogP contribution in [-0.2, 0) is 16.1 Å². The molecule has 1 aromatic heterocycles. The summed E-state index contributed by atoms with van der Waals surface area (Å²) in [4.78, 5) is 15.4. The number of carboxylic acids is 1. The first-order valence-corrected chi connectivity index (χ1v) is 7.70. The number of pyridine rings is 1. The van der Waals surface area contributed by atoms with Gasteiger partial charge in [0.25, 0.3) is 0 Å². The molecule has 23 heavy (non-hydrogen) atoms. The molecule has 1 unspecified atom stereocenters. The number of aromatic nitrogens is 1. The molecule has 3 rings (SSSR count). The van der Waals surface area contributed by atoms with E-state index in [1.165, 1.54) is 0 Å². The second kappa shape index (κ2) is 6.65. The number of hydrogen-bond acceptors (Lipinski definition) is 3. The van der Waals surface area contributed by atoms with Crippen molar-refractivity contribution in [3.8, 4) is 0 Å². The van der Waals surface area contributed by atoms with Crippen LogP contribution in [0.5, 0.6) is 0 Å². The van der Waals surface area contributed by atoms with Crippen molar-refractivity contribution in [1.29, 1.82) is 0 Å². The van der Waals surface area contributed by atoms with Crippen LogP contribution in [0.1, 0.15) is 25.5 Å². The SMILES string of the molecule is CC1CC(CC(=O)O)=CC=C1OCc1ccc2ccccc2n1. The fraction of sp³-hybridized carbons (Fsp3) is 0.263. The van der Waals surface area contributed by atoms with E-state index in [1.807, 2.05) is 48.6 Å². The van der Waals surface area contributed by atoms with E-state index in [0.29, 0.717) is 6.61 Å². The highest BCUT2D eigenvalue weighted by Gasteiger charge is 2.18. The third-order valence-electron chi connectivity index (χ3n) is 3.96. The topological polar surface area (TPSA) is 59.4 Å². The average Bonchev–Trinajstić information content (AvgIpc) is 2.53. The molecule has 1 aliphatic rings. The van der Waals surface area contributed by atoms with Gasteiger partial charge in [0.1, 0.15) is 6.61 Å². The monoisotopic (exact) mass is 309 g/mol. The summed E-state index contributed by atoms with van der Waals surface area (Å²) >= 11 is 0. The number of carboxylic acid groups (broad SMARTS) is 1. The Morgan fingerprint density at radius 3 is 2.87 bits per heavy atom. The maximum absolute atomic E-state index is 10.8. The molecule has 1 atom stereocenters. The fourth-order valence-corrected chi connectivity index (χ4v) is 2.79. The Kier molecular flexibility index (Phi) is 4.42. The van der Waals surface area contributed by atoms with Crippen LogP contribution in [0.3, 0.4) is 0 Å². The molecule has 0 spiro atoms. The zero-order valence-corrected chi connectivity index (χ0v) is 13.0. The van der Waals surface area contributed by atoms with Gasteiger partial charge in [0.15, 0.2) is 0 Å². The molecule has 0 amide bonds. The highest BCUT2D eigenvalue weighted by Crippen LogP contribution is 2.28. The summed E-state index contributed by atoms with van der Waals surface area (Å²) in [5.41, 5.74) is 2.78. The van der Waals surface area contributed by atoms with Gasteiger partial charge in [-0.25, -0.2) is 4.98 Å². The van der Waals surface area contributed by atoms with Crippen LogP contribution < -0.4 is 0 Å². The molecule has 1 N–H and O–H groups in total. The molecule has 1 heterocycles. The van der Waals surface area contributed by atoms with Crippen molar-refractivity contribution in [1.82, 2.24) is 4.98 Å². The van der Waals surface area contributed by atoms with E-state index in [0.717, 1.165) is 34.3 Å². The first-order valence-electron chi connectivity index (χ1n) is 7.70. The first-order chi connectivity index (χ1) is 11.1. The molecule has 0 saturated heterocycles. The Balaban J connectivity index is 1.68. The molecule has 2 aromatic rings. The molecule has 0 fully saturated rings. The van der Waals surface area contributed by atoms with Crippen LogP contribution >= 0.6 is 0 Å². The van der Waals surface area contributed by atoms with Crippen LogP contribution in [0.25, 0.3) is 10.9 Å². The lowest BCUT2D eigenvalue weighted by atomic mass is 9.92. The van der Waals surface area contributed by atoms with Crippen molar-refractivity contribution in [3.05, 3.63) is 65.6 Å². The molecular formula is C19H19NO3. The lowest BCUT2D eigenvalue weighted by Gasteiger charge is -2.21. The molecular weight excluding hydrogens is 290 g/mol. The summed E-state index contributed by atoms with van der Waals surface area (Å²) < 4.78 is 5.89. The number of carbonyl (C=O) groups is 1. The molecule has 0 bridgehead atoms. The van der Waals surface area contributed by atoms with Crippen molar-refractivity contribution in [3.63, 3.8) is 0 Å². The molecule has 0 aliphatic heterocycles. The smallest absolute Gasteiger partial charge is 0.307 e. The lowest BCUT2D eigenvalue weighted by Crippen LogP contribution is -2.11. The van der Waals surface area contributed by atoms with Crippen molar-refractivity contribution in [2.24, 2.45) is 5.92 Å². The number of rotatable bonds is 5. The van der Waals surface area contributed by atoms with Crippen LogP contribution in [0.15, 0.2) is 59.9 Å². The van der Waals surface area contributed by atoms with E-state index in [9.17, 15) is 4.79 Å². The number of hydrogen-bond donors (Lipinski definition) is 1. The number of para-hydroxylation sites is 1. The Labute approximate surface area is 135 Å². The Hall–Kier alpha value is -2.62. The Bertz CT molecular complexity index is 792. The summed E-state index contributed by atoms with van der Waals surface area (Å²) in [7, 11) is 0. The summed E-state index contributed by atoms with van der Waals surface area (Å²) in [6.45, 7) is 2.47. The minimum atomic E-state index is -0.790. The highest BCUT2D eigenvalue weighted by molar-refractivity contribution is 5.78. The zero-order valence-electron chi connectivity index (χ0n) is 13.0. The predicted octanol–water partition coefficient (Wildman–Crippen LogP) is 4.08. The second-order valence-corrected chi connectivity index (χ2v) is 5.85. The summed E-state index contributed by atoms with van der Waals surface area (Å²) in [6.07, 6.45) is 4.56. The van der Waals surface area contributed by atoms with Gasteiger partial charge in [0, 0.05) is 11.3 Å². The maximum Gasteiger partial charge on any atom is 0.307 e. The highest BCUT2D eigenvalue weighted by atomic mass is 16.5.